The number of carboxylic acid groups (broad SMARTS) is 1. The summed E-state index contributed by atoms with van der Waals surface area (Å²) in [7, 11) is 0. The number of hydrogen-bond donors (Lipinski definition) is 2. The van der Waals surface area contributed by atoms with E-state index in [1.54, 1.807) is 0 Å². The number of anilines is 1. The first-order valence-electron chi connectivity index (χ1n) is 6.08. The van der Waals surface area contributed by atoms with Gasteiger partial charge in [0.1, 0.15) is 0 Å². The predicted molar refractivity (Wildman–Crippen MR) is 78.6 cm³/mol. The van der Waals surface area contributed by atoms with Crippen LogP contribution in [0, 0.1) is 11.8 Å². The average Bonchev–Trinajstić information content (AvgIpc) is 2.82. The Bertz CT molecular complexity index is 539. The van der Waals surface area contributed by atoms with Crippen LogP contribution >= 0.6 is 34.8 Å². The Morgan fingerprint density at radius 1 is 1.10 bits per heavy atom. The zero-order valence-corrected chi connectivity index (χ0v) is 12.6. The summed E-state index contributed by atoms with van der Waals surface area (Å²) in [5.74, 6) is -2.54. The second-order valence-corrected chi connectivity index (χ2v) is 5.97. The van der Waals surface area contributed by atoms with Crippen molar-refractivity contribution < 1.29 is 14.7 Å². The van der Waals surface area contributed by atoms with Gasteiger partial charge in [-0.15, -0.1) is 0 Å². The minimum atomic E-state index is -0.948. The van der Waals surface area contributed by atoms with Crippen LogP contribution in [0.15, 0.2) is 12.1 Å². The van der Waals surface area contributed by atoms with Crippen molar-refractivity contribution >= 4 is 52.4 Å². The number of hydrogen-bond acceptors (Lipinski definition) is 2. The lowest BCUT2D eigenvalue weighted by molar-refractivity contribution is -0.145. The third kappa shape index (κ3) is 3.19. The minimum absolute atomic E-state index is 0.223. The first-order valence-corrected chi connectivity index (χ1v) is 7.21. The fourth-order valence-electron chi connectivity index (χ4n) is 2.45. The van der Waals surface area contributed by atoms with E-state index < -0.39 is 17.8 Å². The molecule has 1 aliphatic carbocycles. The Balaban J connectivity index is 2.18. The molecule has 7 heteroatoms. The second-order valence-electron chi connectivity index (χ2n) is 4.72. The van der Waals surface area contributed by atoms with E-state index in [-0.39, 0.29) is 21.6 Å². The Kier molecular flexibility index (Phi) is 4.78. The molecular weight excluding hydrogens is 325 g/mol. The number of nitrogens with one attached hydrogen (secondary N) is 1. The van der Waals surface area contributed by atoms with E-state index in [0.717, 1.165) is 6.42 Å². The van der Waals surface area contributed by atoms with Crippen molar-refractivity contribution in [3.8, 4) is 0 Å². The summed E-state index contributed by atoms with van der Waals surface area (Å²) in [6, 6.07) is 2.93. The monoisotopic (exact) mass is 335 g/mol. The number of benzene rings is 1. The molecule has 0 aromatic heterocycles. The van der Waals surface area contributed by atoms with E-state index in [4.69, 9.17) is 39.9 Å². The molecule has 2 rings (SSSR count). The van der Waals surface area contributed by atoms with Crippen LogP contribution in [0.2, 0.25) is 15.1 Å². The maximum atomic E-state index is 12.2. The molecule has 2 N–H and O–H groups in total. The van der Waals surface area contributed by atoms with Gasteiger partial charge in [0.05, 0.1) is 27.6 Å². The van der Waals surface area contributed by atoms with Crippen molar-refractivity contribution in [2.75, 3.05) is 5.32 Å². The van der Waals surface area contributed by atoms with E-state index in [2.05, 4.69) is 5.32 Å². The molecule has 0 unspecified atom stereocenters. The molecule has 1 saturated carbocycles. The van der Waals surface area contributed by atoms with Crippen LogP contribution in [0.5, 0.6) is 0 Å². The summed E-state index contributed by atoms with van der Waals surface area (Å²) < 4.78 is 0. The van der Waals surface area contributed by atoms with Crippen LogP contribution in [0.25, 0.3) is 0 Å². The van der Waals surface area contributed by atoms with Crippen LogP contribution in [-0.2, 0) is 9.59 Å². The van der Waals surface area contributed by atoms with Crippen molar-refractivity contribution in [2.45, 2.75) is 19.3 Å². The molecule has 1 amide bonds. The Morgan fingerprint density at radius 3 is 2.20 bits per heavy atom. The van der Waals surface area contributed by atoms with Gasteiger partial charge in [-0.1, -0.05) is 41.2 Å². The van der Waals surface area contributed by atoms with Gasteiger partial charge >= 0.3 is 5.97 Å². The van der Waals surface area contributed by atoms with Gasteiger partial charge in [0.25, 0.3) is 0 Å². The lowest BCUT2D eigenvalue weighted by Crippen LogP contribution is -2.30. The fourth-order valence-corrected chi connectivity index (χ4v) is 3.36. The highest BCUT2D eigenvalue weighted by atomic mass is 35.5. The van der Waals surface area contributed by atoms with Crippen LogP contribution in [0.1, 0.15) is 19.3 Å². The maximum absolute atomic E-state index is 12.2. The van der Waals surface area contributed by atoms with Gasteiger partial charge in [0, 0.05) is 5.02 Å². The van der Waals surface area contributed by atoms with Gasteiger partial charge in [-0.3, -0.25) is 9.59 Å². The summed E-state index contributed by atoms with van der Waals surface area (Å²) in [6.07, 6.45) is 1.78. The number of halogens is 3. The van der Waals surface area contributed by atoms with E-state index in [0.29, 0.717) is 17.9 Å². The van der Waals surface area contributed by atoms with E-state index in [1.165, 1.54) is 12.1 Å². The van der Waals surface area contributed by atoms with E-state index in [1.807, 2.05) is 0 Å². The number of carbonyl (C=O) groups is 2. The lowest BCUT2D eigenvalue weighted by atomic mass is 9.95. The van der Waals surface area contributed by atoms with Crippen LogP contribution in [0.3, 0.4) is 0 Å². The second kappa shape index (κ2) is 6.20. The number of carbonyl (C=O) groups excluding carboxylic acids is 1. The van der Waals surface area contributed by atoms with Crippen molar-refractivity contribution in [1.29, 1.82) is 0 Å². The molecule has 0 saturated heterocycles. The normalized spacial score (nSPS) is 21.8. The molecule has 0 spiro atoms. The first-order chi connectivity index (χ1) is 9.40. The van der Waals surface area contributed by atoms with Gasteiger partial charge in [-0.05, 0) is 25.0 Å². The smallest absolute Gasteiger partial charge is 0.307 e. The highest BCUT2D eigenvalue weighted by Gasteiger charge is 2.38. The highest BCUT2D eigenvalue weighted by molar-refractivity contribution is 6.42. The van der Waals surface area contributed by atoms with Crippen LogP contribution in [0.4, 0.5) is 5.69 Å². The standard InChI is InChI=1S/C13H12Cl3NO3/c14-6-4-9(15)11(10(16)5-6)17-12(18)7-2-1-3-8(7)13(19)20/h4-5,7-8H,1-3H2,(H,17,18)(H,19,20)/t7-,8+/m1/s1. The summed E-state index contributed by atoms with van der Waals surface area (Å²) in [5.41, 5.74) is 0.263. The third-order valence-corrected chi connectivity index (χ3v) is 4.24. The van der Waals surface area contributed by atoms with E-state index in [9.17, 15) is 9.59 Å². The zero-order valence-electron chi connectivity index (χ0n) is 10.3. The number of aliphatic carboxylic acids is 1. The van der Waals surface area contributed by atoms with Gasteiger partial charge in [0.2, 0.25) is 5.91 Å². The minimum Gasteiger partial charge on any atom is -0.481 e. The van der Waals surface area contributed by atoms with Crippen molar-refractivity contribution in [3.63, 3.8) is 0 Å². The summed E-state index contributed by atoms with van der Waals surface area (Å²) in [6.45, 7) is 0. The van der Waals surface area contributed by atoms with E-state index >= 15 is 0 Å². The summed E-state index contributed by atoms with van der Waals surface area (Å²) >= 11 is 17.8. The Hall–Kier alpha value is -0.970. The van der Waals surface area contributed by atoms with Crippen molar-refractivity contribution in [3.05, 3.63) is 27.2 Å². The number of rotatable bonds is 3. The molecule has 4 nitrogen and oxygen atoms in total. The lowest BCUT2D eigenvalue weighted by Gasteiger charge is -2.17. The molecule has 0 radical (unpaired) electrons. The molecule has 20 heavy (non-hydrogen) atoms. The van der Waals surface area contributed by atoms with Crippen LogP contribution in [-0.4, -0.2) is 17.0 Å². The number of amides is 1. The quantitative estimate of drug-likeness (QED) is 0.874. The molecule has 1 aromatic rings. The topological polar surface area (TPSA) is 66.4 Å². The molecule has 1 fully saturated rings. The predicted octanol–water partition coefficient (Wildman–Crippen LogP) is 4.09. The molecule has 2 atom stereocenters. The van der Waals surface area contributed by atoms with Crippen molar-refractivity contribution in [1.82, 2.24) is 0 Å². The fraction of sp³-hybridized carbons (Fsp3) is 0.385. The largest absolute Gasteiger partial charge is 0.481 e. The van der Waals surface area contributed by atoms with Crippen molar-refractivity contribution in [2.24, 2.45) is 11.8 Å². The molecule has 0 aliphatic heterocycles. The van der Waals surface area contributed by atoms with Gasteiger partial charge in [0.15, 0.2) is 0 Å². The summed E-state index contributed by atoms with van der Waals surface area (Å²) in [5, 5.41) is 12.5. The molecule has 108 valence electrons. The van der Waals surface area contributed by atoms with Gasteiger partial charge in [-0.2, -0.15) is 0 Å². The summed E-state index contributed by atoms with van der Waals surface area (Å²) in [4.78, 5) is 23.3. The Morgan fingerprint density at radius 2 is 1.65 bits per heavy atom. The first kappa shape index (κ1) is 15.4. The molecule has 1 aromatic carbocycles. The maximum Gasteiger partial charge on any atom is 0.307 e. The molecule has 0 bridgehead atoms. The SMILES string of the molecule is O=C(O)[C@H]1CCC[C@H]1C(=O)Nc1c(Cl)cc(Cl)cc1Cl. The zero-order chi connectivity index (χ0) is 14.9. The molecule has 0 heterocycles. The number of carboxylic acids is 1. The van der Waals surface area contributed by atoms with Gasteiger partial charge in [-0.25, -0.2) is 0 Å². The average molecular weight is 337 g/mol. The Labute approximate surface area is 131 Å². The third-order valence-electron chi connectivity index (χ3n) is 3.43. The van der Waals surface area contributed by atoms with Crippen LogP contribution < -0.4 is 5.32 Å². The molecular formula is C13H12Cl3NO3. The molecule has 1 aliphatic rings. The van der Waals surface area contributed by atoms with Gasteiger partial charge < -0.3 is 10.4 Å². The highest BCUT2D eigenvalue weighted by Crippen LogP contribution is 2.37.